The predicted molar refractivity (Wildman–Crippen MR) is 102 cm³/mol. The number of carboxylic acid groups (broad SMARTS) is 1. The fourth-order valence-corrected chi connectivity index (χ4v) is 2.73. The van der Waals surface area contributed by atoms with Gasteiger partial charge in [0.1, 0.15) is 11.8 Å². The van der Waals surface area contributed by atoms with Gasteiger partial charge in [-0.05, 0) is 30.0 Å². The largest absolute Gasteiger partial charge is 0.497 e. The molecule has 8 heteroatoms. The van der Waals surface area contributed by atoms with Crippen LogP contribution in [-0.2, 0) is 16.0 Å². The Balaban J connectivity index is 2.86. The van der Waals surface area contributed by atoms with Crippen molar-refractivity contribution in [1.29, 1.82) is 0 Å². The molecule has 0 heterocycles. The lowest BCUT2D eigenvalue weighted by Gasteiger charge is -2.23. The molecule has 0 unspecified atom stereocenters. The van der Waals surface area contributed by atoms with Gasteiger partial charge in [-0.2, -0.15) is 0 Å². The van der Waals surface area contributed by atoms with Gasteiger partial charge in [0, 0.05) is 20.0 Å². The number of rotatable bonds is 10. The van der Waals surface area contributed by atoms with Gasteiger partial charge >= 0.3 is 6.09 Å². The second kappa shape index (κ2) is 11.1. The van der Waals surface area contributed by atoms with Crippen molar-refractivity contribution in [3.63, 3.8) is 0 Å². The molecule has 0 bridgehead atoms. The molecule has 2 atom stereocenters. The molecule has 27 heavy (non-hydrogen) atoms. The summed E-state index contributed by atoms with van der Waals surface area (Å²) in [4.78, 5) is 35.7. The molecule has 150 valence electrons. The van der Waals surface area contributed by atoms with E-state index < -0.39 is 18.1 Å². The molecule has 0 aromatic heterocycles. The van der Waals surface area contributed by atoms with Gasteiger partial charge in [-0.25, -0.2) is 4.79 Å². The summed E-state index contributed by atoms with van der Waals surface area (Å²) in [6.45, 7) is 3.91. The zero-order chi connectivity index (χ0) is 20.4. The van der Waals surface area contributed by atoms with Crippen molar-refractivity contribution in [1.82, 2.24) is 16.0 Å². The maximum Gasteiger partial charge on any atom is 0.404 e. The predicted octanol–water partition coefficient (Wildman–Crippen LogP) is 1.40. The van der Waals surface area contributed by atoms with Crippen LogP contribution in [0.5, 0.6) is 5.75 Å². The summed E-state index contributed by atoms with van der Waals surface area (Å²) in [5.41, 5.74) is 0.869. The average molecular weight is 379 g/mol. The quantitative estimate of drug-likeness (QED) is 0.490. The van der Waals surface area contributed by atoms with Crippen molar-refractivity contribution in [3.8, 4) is 5.75 Å². The number of hydrogen-bond donors (Lipinski definition) is 4. The van der Waals surface area contributed by atoms with E-state index in [0.29, 0.717) is 18.6 Å². The molecule has 1 rings (SSSR count). The van der Waals surface area contributed by atoms with E-state index >= 15 is 0 Å². The van der Waals surface area contributed by atoms with Crippen LogP contribution in [0.15, 0.2) is 24.3 Å². The highest BCUT2D eigenvalue weighted by Crippen LogP contribution is 2.15. The molecule has 0 aliphatic carbocycles. The molecule has 4 N–H and O–H groups in total. The molecule has 1 aromatic rings. The normalized spacial score (nSPS) is 12.8. The Hall–Kier alpha value is -2.77. The van der Waals surface area contributed by atoms with E-state index in [1.54, 1.807) is 19.2 Å². The number of methoxy groups -OCH3 is 1. The third-order valence-corrected chi connectivity index (χ3v) is 4.10. The monoisotopic (exact) mass is 379 g/mol. The van der Waals surface area contributed by atoms with Gasteiger partial charge in [0.2, 0.25) is 11.8 Å². The second-order valence-corrected chi connectivity index (χ2v) is 6.74. The van der Waals surface area contributed by atoms with Gasteiger partial charge in [-0.3, -0.25) is 9.59 Å². The van der Waals surface area contributed by atoms with E-state index in [9.17, 15) is 14.4 Å². The van der Waals surface area contributed by atoms with Gasteiger partial charge in [-0.15, -0.1) is 0 Å². The fourth-order valence-electron chi connectivity index (χ4n) is 2.73. The summed E-state index contributed by atoms with van der Waals surface area (Å²) in [5, 5.41) is 16.4. The van der Waals surface area contributed by atoms with Crippen molar-refractivity contribution in [2.45, 2.75) is 32.7 Å². The molecule has 0 spiro atoms. The summed E-state index contributed by atoms with van der Waals surface area (Å²) < 4.78 is 5.12. The van der Waals surface area contributed by atoms with E-state index in [0.717, 1.165) is 5.56 Å². The highest BCUT2D eigenvalue weighted by atomic mass is 16.5. The Morgan fingerprint density at radius 2 is 1.74 bits per heavy atom. The zero-order valence-electron chi connectivity index (χ0n) is 16.2. The van der Waals surface area contributed by atoms with Crippen LogP contribution >= 0.6 is 0 Å². The molecular formula is C19H29N3O5. The van der Waals surface area contributed by atoms with E-state index in [1.807, 2.05) is 26.0 Å². The Morgan fingerprint density at radius 1 is 1.11 bits per heavy atom. The molecule has 0 radical (unpaired) electrons. The molecular weight excluding hydrogens is 350 g/mol. The molecule has 0 fully saturated rings. The first kappa shape index (κ1) is 22.3. The van der Waals surface area contributed by atoms with Crippen LogP contribution in [0.3, 0.4) is 0 Å². The molecule has 0 aliphatic rings. The maximum atomic E-state index is 12.7. The van der Waals surface area contributed by atoms with Crippen molar-refractivity contribution in [2.75, 3.05) is 20.7 Å². The van der Waals surface area contributed by atoms with Crippen LogP contribution in [0.1, 0.15) is 25.8 Å². The summed E-state index contributed by atoms with van der Waals surface area (Å²) in [6, 6.07) is 6.49. The minimum absolute atomic E-state index is 0.00233. The van der Waals surface area contributed by atoms with E-state index in [-0.39, 0.29) is 24.3 Å². The van der Waals surface area contributed by atoms with Crippen molar-refractivity contribution in [3.05, 3.63) is 29.8 Å². The lowest BCUT2D eigenvalue weighted by atomic mass is 9.95. The number of nitrogens with one attached hydrogen (secondary N) is 3. The average Bonchev–Trinajstić information content (AvgIpc) is 2.63. The number of benzene rings is 1. The summed E-state index contributed by atoms with van der Waals surface area (Å²) in [5.74, 6) is -0.301. The van der Waals surface area contributed by atoms with E-state index in [1.165, 1.54) is 7.05 Å². The first-order chi connectivity index (χ1) is 12.8. The number of amides is 3. The maximum absolute atomic E-state index is 12.7. The SMILES string of the molecule is CNC(=O)[C@H](Cc1ccc(OC)cc1)NC(=O)[C@H](CNC(=O)O)CC(C)C. The molecule has 3 amide bonds. The Bertz CT molecular complexity index is 631. The number of hydrogen-bond acceptors (Lipinski definition) is 4. The highest BCUT2D eigenvalue weighted by Gasteiger charge is 2.26. The molecule has 0 saturated heterocycles. The van der Waals surface area contributed by atoms with Gasteiger partial charge < -0.3 is 25.8 Å². The first-order valence-electron chi connectivity index (χ1n) is 8.88. The number of likely N-dealkylation sites (N-methyl/N-ethyl adjacent to an activating group) is 1. The van der Waals surface area contributed by atoms with Crippen molar-refractivity contribution >= 4 is 17.9 Å². The first-order valence-corrected chi connectivity index (χ1v) is 8.88. The highest BCUT2D eigenvalue weighted by molar-refractivity contribution is 5.88. The lowest BCUT2D eigenvalue weighted by Crippen LogP contribution is -2.50. The van der Waals surface area contributed by atoms with Gasteiger partial charge in [0.25, 0.3) is 0 Å². The summed E-state index contributed by atoms with van der Waals surface area (Å²) in [7, 11) is 3.08. The van der Waals surface area contributed by atoms with E-state index in [4.69, 9.17) is 9.84 Å². The second-order valence-electron chi connectivity index (χ2n) is 6.74. The van der Waals surface area contributed by atoms with Crippen LogP contribution in [0.2, 0.25) is 0 Å². The van der Waals surface area contributed by atoms with Crippen LogP contribution in [0, 0.1) is 11.8 Å². The molecule has 1 aromatic carbocycles. The topological polar surface area (TPSA) is 117 Å². The minimum atomic E-state index is -1.18. The van der Waals surface area contributed by atoms with Gasteiger partial charge in [-0.1, -0.05) is 26.0 Å². The van der Waals surface area contributed by atoms with Crippen molar-refractivity contribution in [2.24, 2.45) is 11.8 Å². The zero-order valence-corrected chi connectivity index (χ0v) is 16.2. The third kappa shape index (κ3) is 7.98. The Morgan fingerprint density at radius 3 is 2.22 bits per heavy atom. The van der Waals surface area contributed by atoms with Crippen molar-refractivity contribution < 1.29 is 24.2 Å². The van der Waals surface area contributed by atoms with Gasteiger partial charge in [0.05, 0.1) is 13.0 Å². The smallest absolute Gasteiger partial charge is 0.404 e. The fraction of sp³-hybridized carbons (Fsp3) is 0.526. The Kier molecular flexibility index (Phi) is 9.12. The summed E-state index contributed by atoms with van der Waals surface area (Å²) in [6.07, 6.45) is -0.358. The number of ether oxygens (including phenoxy) is 1. The third-order valence-electron chi connectivity index (χ3n) is 4.10. The lowest BCUT2D eigenvalue weighted by molar-refractivity contribution is -0.131. The number of carbonyl (C=O) groups is 3. The molecule has 0 aliphatic heterocycles. The van der Waals surface area contributed by atoms with Gasteiger partial charge in [0.15, 0.2) is 0 Å². The van der Waals surface area contributed by atoms with Crippen LogP contribution < -0.4 is 20.7 Å². The van der Waals surface area contributed by atoms with Crippen LogP contribution in [0.4, 0.5) is 4.79 Å². The minimum Gasteiger partial charge on any atom is -0.497 e. The molecule has 8 nitrogen and oxygen atoms in total. The molecule has 0 saturated carbocycles. The Labute approximate surface area is 159 Å². The van der Waals surface area contributed by atoms with Crippen LogP contribution in [0.25, 0.3) is 0 Å². The van der Waals surface area contributed by atoms with E-state index in [2.05, 4.69) is 16.0 Å². The van der Waals surface area contributed by atoms with Crippen LogP contribution in [-0.4, -0.2) is 49.8 Å². The summed E-state index contributed by atoms with van der Waals surface area (Å²) >= 11 is 0. The number of carbonyl (C=O) groups excluding carboxylic acids is 2. The standard InChI is InChI=1S/C19H29N3O5/c1-12(2)9-14(11-21-19(25)26)17(23)22-16(18(24)20-3)10-13-5-7-15(27-4)8-6-13/h5-8,12,14,16,21H,9-11H2,1-4H3,(H,20,24)(H,22,23)(H,25,26)/t14-,16-/m0/s1.